The Morgan fingerprint density at radius 1 is 0.259 bits per heavy atom. The minimum atomic E-state index is -0.482. The zero-order chi connectivity index (χ0) is 37.7. The Balaban J connectivity index is 1.32. The van der Waals surface area contributed by atoms with Gasteiger partial charge in [0.1, 0.15) is 23.0 Å². The summed E-state index contributed by atoms with van der Waals surface area (Å²) in [4.78, 5) is 0. The van der Waals surface area contributed by atoms with Gasteiger partial charge in [-0.25, -0.2) is 0 Å². The average Bonchev–Trinajstić information content (AvgIpc) is 3.13. The number of fused-ring (bicyclic) bond motifs is 13. The highest BCUT2D eigenvalue weighted by atomic mass is 16.5. The molecule has 2 heterocycles. The molecule has 0 aliphatic carbocycles. The van der Waals surface area contributed by atoms with Crippen LogP contribution in [0.4, 0.5) is 0 Å². The zero-order valence-corrected chi connectivity index (χ0v) is 28.5. The molecule has 6 aromatic carbocycles. The van der Waals surface area contributed by atoms with Gasteiger partial charge >= 0.3 is 0 Å². The molecule has 6 aromatic rings. The van der Waals surface area contributed by atoms with E-state index in [0.29, 0.717) is 71.9 Å². The summed E-state index contributed by atoms with van der Waals surface area (Å²) in [5.41, 5.74) is 3.77. The lowest BCUT2D eigenvalue weighted by molar-refractivity contribution is 0.365. The summed E-state index contributed by atoms with van der Waals surface area (Å²) in [6.07, 6.45) is 2.03. The molecule has 8 N–H and O–H groups in total. The van der Waals surface area contributed by atoms with Gasteiger partial charge in [-0.2, -0.15) is 0 Å². The second kappa shape index (κ2) is 13.5. The maximum absolute atomic E-state index is 10.8. The van der Waals surface area contributed by atoms with Gasteiger partial charge < -0.3 is 59.8 Å². The molecular formula is C42H34O12. The van der Waals surface area contributed by atoms with Crippen LogP contribution < -0.4 is 18.9 Å². The first-order valence-corrected chi connectivity index (χ1v) is 17.1. The molecule has 0 saturated heterocycles. The van der Waals surface area contributed by atoms with Gasteiger partial charge in [0.25, 0.3) is 0 Å². The van der Waals surface area contributed by atoms with E-state index in [9.17, 15) is 40.9 Å². The van der Waals surface area contributed by atoms with E-state index in [1.165, 1.54) is 24.3 Å². The van der Waals surface area contributed by atoms with Crippen molar-refractivity contribution in [3.05, 3.63) is 118 Å². The summed E-state index contributed by atoms with van der Waals surface area (Å²) >= 11 is 0. The van der Waals surface area contributed by atoms with Crippen LogP contribution in [0.1, 0.15) is 33.4 Å². The Hall–Kier alpha value is -7.08. The second-order valence-electron chi connectivity index (χ2n) is 13.4. The van der Waals surface area contributed by atoms with E-state index in [4.69, 9.17) is 18.9 Å². The lowest BCUT2D eigenvalue weighted by Crippen LogP contribution is -1.99. The first kappa shape index (κ1) is 34.0. The fraction of sp³-hybridized carbons (Fsp3) is 0.143. The van der Waals surface area contributed by atoms with Crippen molar-refractivity contribution < 1.29 is 59.8 Å². The number of aryl methyl sites for hydroxylation is 6. The van der Waals surface area contributed by atoms with Crippen molar-refractivity contribution >= 4 is 0 Å². The number of benzene rings is 6. The van der Waals surface area contributed by atoms with E-state index in [-0.39, 0.29) is 46.0 Å². The fourth-order valence-electron chi connectivity index (χ4n) is 6.64. The average molecular weight is 731 g/mol. The Bertz CT molecular complexity index is 2130. The number of ether oxygens (including phenoxy) is 4. The minimum absolute atomic E-state index is 0.0317. The molecule has 0 atom stereocenters. The SMILES string of the molecule is Oc1cc2cc(c1O)Oc1cc3cc(c1)Oc1cc(cc(O)c1O)CCc1cc(O)c(O)c(c1)Oc1cc(cc(c1)Oc1cc(cc(O)c1O)CC2)CC3. The number of hydrogen-bond donors (Lipinski definition) is 8. The summed E-state index contributed by atoms with van der Waals surface area (Å²) in [5.74, 6) is -2.70. The zero-order valence-electron chi connectivity index (χ0n) is 28.5. The van der Waals surface area contributed by atoms with Gasteiger partial charge in [0, 0.05) is 12.1 Å². The quantitative estimate of drug-likeness (QED) is 0.0695. The molecule has 0 saturated carbocycles. The molecule has 0 unspecified atom stereocenters. The summed E-state index contributed by atoms with van der Waals surface area (Å²) in [6, 6.07) is 22.0. The van der Waals surface area contributed by atoms with Crippen LogP contribution in [0, 0.1) is 0 Å². The van der Waals surface area contributed by atoms with Crippen LogP contribution in [0.2, 0.25) is 0 Å². The van der Waals surface area contributed by atoms with Gasteiger partial charge in [0.2, 0.25) is 23.0 Å². The Morgan fingerprint density at radius 3 is 0.685 bits per heavy atom. The highest BCUT2D eigenvalue weighted by molar-refractivity contribution is 5.59. The van der Waals surface area contributed by atoms with Crippen LogP contribution in [-0.4, -0.2) is 40.9 Å². The van der Waals surface area contributed by atoms with Crippen molar-refractivity contribution in [3.63, 3.8) is 0 Å². The Labute approximate surface area is 308 Å². The van der Waals surface area contributed by atoms with E-state index in [1.54, 1.807) is 60.7 Å². The molecule has 54 heavy (non-hydrogen) atoms. The summed E-state index contributed by atoms with van der Waals surface area (Å²) in [7, 11) is 0. The molecule has 14 bridgehead atoms. The van der Waals surface area contributed by atoms with Gasteiger partial charge in [0.05, 0.1) is 0 Å². The standard InChI is InChI=1S/C42H34O12/c43-31-11-23-3-5-25-13-33(45)41(49)37(17-25)53-29-9-22-2-1-21-7-27(51-35(15-23)39(31)47)19-28(8-21)52-36-16-24(12-32(44)40(36)48)4-6-26-14-34(46)42(50)38(18-26)54-30(10-22)20-29/h7-20,43-50H,1-6H2. The van der Waals surface area contributed by atoms with Crippen LogP contribution >= 0.6 is 0 Å². The number of aromatic hydroxyl groups is 8. The number of phenols is 8. The van der Waals surface area contributed by atoms with Crippen molar-refractivity contribution in [2.45, 2.75) is 38.5 Å². The third-order valence-electron chi connectivity index (χ3n) is 9.36. The molecule has 2 aliphatic heterocycles. The molecule has 2 aliphatic rings. The third-order valence-corrected chi connectivity index (χ3v) is 9.36. The predicted octanol–water partition coefficient (Wildman–Crippen LogP) is 8.48. The molecule has 0 radical (unpaired) electrons. The lowest BCUT2D eigenvalue weighted by atomic mass is 10.0. The Kier molecular flexibility index (Phi) is 8.49. The fourth-order valence-corrected chi connectivity index (χ4v) is 6.64. The van der Waals surface area contributed by atoms with E-state index in [0.717, 1.165) is 0 Å². The number of phenolic OH excluding ortho intramolecular Hbond substituents is 8. The molecule has 12 nitrogen and oxygen atoms in total. The second-order valence-corrected chi connectivity index (χ2v) is 13.4. The van der Waals surface area contributed by atoms with Gasteiger partial charge in [-0.3, -0.25) is 0 Å². The first-order chi connectivity index (χ1) is 25.9. The van der Waals surface area contributed by atoms with Gasteiger partial charge in [-0.1, -0.05) is 0 Å². The molecule has 12 heteroatoms. The van der Waals surface area contributed by atoms with E-state index in [2.05, 4.69) is 0 Å². The summed E-state index contributed by atoms with van der Waals surface area (Å²) in [6.45, 7) is 0. The molecule has 0 aromatic heterocycles. The van der Waals surface area contributed by atoms with Crippen LogP contribution in [0.5, 0.6) is 92.0 Å². The first-order valence-electron chi connectivity index (χ1n) is 17.1. The number of hydrogen-bond acceptors (Lipinski definition) is 12. The molecular weight excluding hydrogens is 696 g/mol. The van der Waals surface area contributed by atoms with Crippen molar-refractivity contribution in [2.75, 3.05) is 0 Å². The monoisotopic (exact) mass is 730 g/mol. The van der Waals surface area contributed by atoms with Gasteiger partial charge in [-0.05, 0) is 145 Å². The smallest absolute Gasteiger partial charge is 0.201 e. The molecule has 0 spiro atoms. The van der Waals surface area contributed by atoms with Crippen LogP contribution in [0.3, 0.4) is 0 Å². The Morgan fingerprint density at radius 2 is 0.463 bits per heavy atom. The molecule has 0 fully saturated rings. The lowest BCUT2D eigenvalue weighted by Gasteiger charge is -2.18. The summed E-state index contributed by atoms with van der Waals surface area (Å²) in [5, 5.41) is 85.9. The van der Waals surface area contributed by atoms with Crippen molar-refractivity contribution in [1.29, 1.82) is 0 Å². The van der Waals surface area contributed by atoms with Crippen LogP contribution in [-0.2, 0) is 38.5 Å². The van der Waals surface area contributed by atoms with Crippen LogP contribution in [0.25, 0.3) is 0 Å². The van der Waals surface area contributed by atoms with E-state index < -0.39 is 46.0 Å². The predicted molar refractivity (Wildman–Crippen MR) is 194 cm³/mol. The molecule has 274 valence electrons. The normalized spacial score (nSPS) is 13.6. The van der Waals surface area contributed by atoms with E-state index >= 15 is 0 Å². The largest absolute Gasteiger partial charge is 0.504 e. The highest BCUT2D eigenvalue weighted by Crippen LogP contribution is 2.46. The van der Waals surface area contributed by atoms with E-state index in [1.807, 2.05) is 0 Å². The topological polar surface area (TPSA) is 199 Å². The maximum Gasteiger partial charge on any atom is 0.201 e. The van der Waals surface area contributed by atoms with Gasteiger partial charge in [0.15, 0.2) is 46.0 Å². The molecule has 8 rings (SSSR count). The highest BCUT2D eigenvalue weighted by Gasteiger charge is 2.20. The van der Waals surface area contributed by atoms with Crippen LogP contribution in [0.15, 0.2) is 84.9 Å². The van der Waals surface area contributed by atoms with Gasteiger partial charge in [-0.15, -0.1) is 0 Å². The van der Waals surface area contributed by atoms with Crippen molar-refractivity contribution in [1.82, 2.24) is 0 Å². The minimum Gasteiger partial charge on any atom is -0.504 e. The van der Waals surface area contributed by atoms with Crippen molar-refractivity contribution in [3.8, 4) is 92.0 Å². The molecule has 0 amide bonds. The number of rotatable bonds is 0. The third kappa shape index (κ3) is 6.92. The maximum atomic E-state index is 10.8. The summed E-state index contributed by atoms with van der Waals surface area (Å²) < 4.78 is 24.7. The van der Waals surface area contributed by atoms with Crippen molar-refractivity contribution in [2.24, 2.45) is 0 Å².